The predicted molar refractivity (Wildman–Crippen MR) is 129 cm³/mol. The quantitative estimate of drug-likeness (QED) is 0.334. The molecule has 9 heteroatoms. The lowest BCUT2D eigenvalue weighted by Gasteiger charge is -2.13. The molecule has 0 atom stereocenters. The number of hydrogen-bond acceptors (Lipinski definition) is 6. The smallest absolute Gasteiger partial charge is 0.335 e. The number of H-pyrrole nitrogens is 1. The molecule has 0 aliphatic heterocycles. The number of aromatic carboxylic acids is 1. The summed E-state index contributed by atoms with van der Waals surface area (Å²) >= 11 is 0. The first-order valence-corrected chi connectivity index (χ1v) is 10.6. The third kappa shape index (κ3) is 5.30. The summed E-state index contributed by atoms with van der Waals surface area (Å²) in [5, 5.41) is 12.1. The Bertz CT molecular complexity index is 1460. The number of rotatable bonds is 9. The van der Waals surface area contributed by atoms with Crippen molar-refractivity contribution < 1.29 is 23.8 Å². The predicted octanol–water partition coefficient (Wildman–Crippen LogP) is 4.11. The molecule has 35 heavy (non-hydrogen) atoms. The first kappa shape index (κ1) is 23.5. The molecule has 0 fully saturated rings. The zero-order valence-electron chi connectivity index (χ0n) is 18.8. The van der Waals surface area contributed by atoms with Gasteiger partial charge in [0.1, 0.15) is 17.7 Å². The van der Waals surface area contributed by atoms with Gasteiger partial charge in [0.2, 0.25) is 0 Å². The zero-order chi connectivity index (χ0) is 24.9. The van der Waals surface area contributed by atoms with Crippen molar-refractivity contribution in [2.45, 2.75) is 13.2 Å². The molecule has 0 aliphatic carbocycles. The van der Waals surface area contributed by atoms with Gasteiger partial charge in [-0.3, -0.25) is 4.79 Å². The Morgan fingerprint density at radius 3 is 2.63 bits per heavy atom. The SMILES string of the molecule is C=C(NCc1cccc(OC)c1)c1nc2ccc(F)c(OCc3ccc(C(=O)O)cc3)c2c(=O)[nH]1. The van der Waals surface area contributed by atoms with Crippen LogP contribution in [-0.4, -0.2) is 28.2 Å². The van der Waals surface area contributed by atoms with Gasteiger partial charge in [-0.15, -0.1) is 0 Å². The van der Waals surface area contributed by atoms with E-state index in [1.54, 1.807) is 19.2 Å². The van der Waals surface area contributed by atoms with Crippen LogP contribution in [0.5, 0.6) is 11.5 Å². The monoisotopic (exact) mass is 475 g/mol. The molecule has 3 aromatic carbocycles. The molecule has 0 spiro atoms. The van der Waals surface area contributed by atoms with Crippen LogP contribution < -0.4 is 20.3 Å². The molecule has 0 unspecified atom stereocenters. The van der Waals surface area contributed by atoms with E-state index >= 15 is 0 Å². The van der Waals surface area contributed by atoms with Crippen LogP contribution in [0.4, 0.5) is 4.39 Å². The average Bonchev–Trinajstić information content (AvgIpc) is 2.87. The number of carbonyl (C=O) groups is 1. The van der Waals surface area contributed by atoms with Gasteiger partial charge >= 0.3 is 5.97 Å². The van der Waals surface area contributed by atoms with Gasteiger partial charge < -0.3 is 24.9 Å². The summed E-state index contributed by atoms with van der Waals surface area (Å²) in [5.74, 6) is -1.06. The van der Waals surface area contributed by atoms with Crippen molar-refractivity contribution in [3.63, 3.8) is 0 Å². The highest BCUT2D eigenvalue weighted by Crippen LogP contribution is 2.26. The Balaban J connectivity index is 1.54. The number of carboxylic acid groups (broad SMARTS) is 1. The maximum atomic E-state index is 14.6. The summed E-state index contributed by atoms with van der Waals surface area (Å²) in [7, 11) is 1.59. The third-order valence-electron chi connectivity index (χ3n) is 5.29. The van der Waals surface area contributed by atoms with E-state index in [1.165, 1.54) is 24.3 Å². The molecule has 0 aliphatic rings. The van der Waals surface area contributed by atoms with Gasteiger partial charge in [-0.25, -0.2) is 14.2 Å². The van der Waals surface area contributed by atoms with Crippen molar-refractivity contribution in [1.82, 2.24) is 15.3 Å². The van der Waals surface area contributed by atoms with Crippen LogP contribution in [0, 0.1) is 5.82 Å². The fourth-order valence-electron chi connectivity index (χ4n) is 3.44. The van der Waals surface area contributed by atoms with E-state index in [-0.39, 0.29) is 34.6 Å². The van der Waals surface area contributed by atoms with Crippen molar-refractivity contribution in [3.8, 4) is 11.5 Å². The Hall–Kier alpha value is -4.66. The molecular formula is C26H22FN3O5. The Morgan fingerprint density at radius 2 is 1.91 bits per heavy atom. The lowest BCUT2D eigenvalue weighted by molar-refractivity contribution is 0.0697. The largest absolute Gasteiger partial charge is 0.497 e. The lowest BCUT2D eigenvalue weighted by atomic mass is 10.1. The van der Waals surface area contributed by atoms with E-state index in [4.69, 9.17) is 14.6 Å². The summed E-state index contributed by atoms with van der Waals surface area (Å²) < 4.78 is 25.4. The van der Waals surface area contributed by atoms with Crippen LogP contribution in [0.1, 0.15) is 27.3 Å². The Morgan fingerprint density at radius 1 is 1.14 bits per heavy atom. The van der Waals surface area contributed by atoms with E-state index < -0.39 is 17.3 Å². The van der Waals surface area contributed by atoms with Gasteiger partial charge in [0.05, 0.1) is 23.9 Å². The molecule has 0 saturated carbocycles. The lowest BCUT2D eigenvalue weighted by Crippen LogP contribution is -2.18. The molecule has 3 N–H and O–H groups in total. The summed E-state index contributed by atoms with van der Waals surface area (Å²) in [5.41, 5.74) is 1.73. The van der Waals surface area contributed by atoms with Gasteiger partial charge in [-0.05, 0) is 47.5 Å². The second-order valence-electron chi connectivity index (χ2n) is 7.66. The van der Waals surface area contributed by atoms with Crippen LogP contribution in [0.2, 0.25) is 0 Å². The van der Waals surface area contributed by atoms with Crippen molar-refractivity contribution in [2.75, 3.05) is 7.11 Å². The van der Waals surface area contributed by atoms with Crippen molar-refractivity contribution in [3.05, 3.63) is 106 Å². The molecule has 4 aromatic rings. The van der Waals surface area contributed by atoms with E-state index in [1.807, 2.05) is 24.3 Å². The Labute approximate surface area is 199 Å². The van der Waals surface area contributed by atoms with E-state index in [9.17, 15) is 14.0 Å². The van der Waals surface area contributed by atoms with Crippen LogP contribution in [0.15, 0.2) is 72.0 Å². The van der Waals surface area contributed by atoms with Crippen LogP contribution in [0.3, 0.4) is 0 Å². The van der Waals surface area contributed by atoms with Crippen LogP contribution >= 0.6 is 0 Å². The van der Waals surface area contributed by atoms with Gasteiger partial charge in [-0.2, -0.15) is 0 Å². The molecule has 0 saturated heterocycles. The molecule has 4 rings (SSSR count). The number of aromatic amines is 1. The van der Waals surface area contributed by atoms with Crippen molar-refractivity contribution >= 4 is 22.6 Å². The number of nitrogens with one attached hydrogen (secondary N) is 2. The third-order valence-corrected chi connectivity index (χ3v) is 5.29. The molecule has 0 radical (unpaired) electrons. The molecule has 1 aromatic heterocycles. The van der Waals surface area contributed by atoms with E-state index in [2.05, 4.69) is 21.9 Å². The first-order valence-electron chi connectivity index (χ1n) is 10.6. The maximum Gasteiger partial charge on any atom is 0.335 e. The number of aromatic nitrogens is 2. The molecule has 8 nitrogen and oxygen atoms in total. The first-order chi connectivity index (χ1) is 16.9. The van der Waals surface area contributed by atoms with Gasteiger partial charge in [0.15, 0.2) is 17.4 Å². The van der Waals surface area contributed by atoms with Crippen molar-refractivity contribution in [1.29, 1.82) is 0 Å². The summed E-state index contributed by atoms with van der Waals surface area (Å²) in [6, 6.07) is 16.0. The number of carboxylic acids is 1. The zero-order valence-corrected chi connectivity index (χ0v) is 18.8. The summed E-state index contributed by atoms with van der Waals surface area (Å²) in [4.78, 5) is 30.9. The minimum atomic E-state index is -1.05. The number of ether oxygens (including phenoxy) is 2. The number of halogens is 1. The van der Waals surface area contributed by atoms with Gasteiger partial charge in [-0.1, -0.05) is 30.8 Å². The van der Waals surface area contributed by atoms with E-state index in [0.29, 0.717) is 17.8 Å². The van der Waals surface area contributed by atoms with Crippen LogP contribution in [-0.2, 0) is 13.2 Å². The minimum absolute atomic E-state index is 0.0310. The molecule has 0 bridgehead atoms. The second kappa shape index (κ2) is 10.1. The summed E-state index contributed by atoms with van der Waals surface area (Å²) in [6.07, 6.45) is 0. The Kier molecular flexibility index (Phi) is 6.77. The highest BCUT2D eigenvalue weighted by Gasteiger charge is 2.16. The fraction of sp³-hybridized carbons (Fsp3) is 0.115. The topological polar surface area (TPSA) is 114 Å². The number of methoxy groups -OCH3 is 1. The molecule has 0 amide bonds. The highest BCUT2D eigenvalue weighted by molar-refractivity contribution is 5.87. The highest BCUT2D eigenvalue weighted by atomic mass is 19.1. The average molecular weight is 475 g/mol. The standard InChI is InChI=1S/C26H22FN3O5/c1-15(28-13-17-4-3-5-19(12-17)34-2)24-29-21-11-10-20(27)23(22(21)25(31)30-24)35-14-16-6-8-18(9-7-16)26(32)33/h3-12,28H,1,13-14H2,2H3,(H,32,33)(H,29,30,31). The fourth-order valence-corrected chi connectivity index (χ4v) is 3.44. The number of hydrogen-bond donors (Lipinski definition) is 3. The normalized spacial score (nSPS) is 10.7. The second-order valence-corrected chi connectivity index (χ2v) is 7.66. The number of benzene rings is 3. The van der Waals surface area contributed by atoms with E-state index in [0.717, 1.165) is 11.3 Å². The number of nitrogens with zero attached hydrogens (tertiary/aromatic N) is 1. The molecular weight excluding hydrogens is 453 g/mol. The molecule has 1 heterocycles. The molecule has 178 valence electrons. The maximum absolute atomic E-state index is 14.6. The van der Waals surface area contributed by atoms with Gasteiger partial charge in [0, 0.05) is 6.54 Å². The number of fused-ring (bicyclic) bond motifs is 1. The minimum Gasteiger partial charge on any atom is -0.497 e. The van der Waals surface area contributed by atoms with Crippen LogP contribution in [0.25, 0.3) is 16.6 Å². The van der Waals surface area contributed by atoms with Crippen molar-refractivity contribution in [2.24, 2.45) is 0 Å². The summed E-state index contributed by atoms with van der Waals surface area (Å²) in [6.45, 7) is 4.31. The van der Waals surface area contributed by atoms with Gasteiger partial charge in [0.25, 0.3) is 5.56 Å².